The van der Waals surface area contributed by atoms with Gasteiger partial charge in [-0.2, -0.15) is 0 Å². The third-order valence-electron chi connectivity index (χ3n) is 3.78. The molecule has 0 fully saturated rings. The van der Waals surface area contributed by atoms with E-state index in [2.05, 4.69) is 6.58 Å². The van der Waals surface area contributed by atoms with Crippen LogP contribution in [-0.2, 0) is 0 Å². The van der Waals surface area contributed by atoms with Crippen LogP contribution in [0.4, 0.5) is 5.69 Å². The predicted octanol–water partition coefficient (Wildman–Crippen LogP) is 4.90. The van der Waals surface area contributed by atoms with Crippen LogP contribution in [0.3, 0.4) is 0 Å². The number of carbonyl (C=O) groups is 1. The maximum absolute atomic E-state index is 12.7. The highest BCUT2D eigenvalue weighted by molar-refractivity contribution is 7.13. The van der Waals surface area contributed by atoms with E-state index >= 15 is 0 Å². The number of anilines is 1. The van der Waals surface area contributed by atoms with Gasteiger partial charge < -0.3 is 10.5 Å². The summed E-state index contributed by atoms with van der Waals surface area (Å²) < 4.78 is 5.41. The molecule has 2 aromatic carbocycles. The monoisotopic (exact) mass is 335 g/mol. The topological polar surface area (TPSA) is 52.3 Å². The molecule has 3 aromatic rings. The van der Waals surface area contributed by atoms with E-state index in [0.717, 1.165) is 10.4 Å². The Labute approximate surface area is 145 Å². The normalized spacial score (nSPS) is 10.4. The van der Waals surface area contributed by atoms with Gasteiger partial charge in [-0.1, -0.05) is 12.6 Å². The molecule has 0 radical (unpaired) electrons. The van der Waals surface area contributed by atoms with Crippen molar-refractivity contribution in [2.75, 3.05) is 12.8 Å². The van der Waals surface area contributed by atoms with Crippen molar-refractivity contribution < 1.29 is 9.53 Å². The molecular weight excluding hydrogens is 318 g/mol. The van der Waals surface area contributed by atoms with Gasteiger partial charge >= 0.3 is 0 Å². The number of hydrogen-bond acceptors (Lipinski definition) is 4. The molecular formula is C20H17NO2S. The van der Waals surface area contributed by atoms with Gasteiger partial charge in [0.15, 0.2) is 5.78 Å². The standard InChI is InChI=1S/C20H17NO2S/c1-13(20(22)14-5-8-16(21)9-6-14)17-12-15(7-10-18(17)23-2)19-4-3-11-24-19/h3-12H,1,21H2,2H3. The fraction of sp³-hybridized carbons (Fsp3) is 0.0500. The van der Waals surface area contributed by atoms with Gasteiger partial charge in [0.2, 0.25) is 0 Å². The van der Waals surface area contributed by atoms with Crippen LogP contribution in [0, 0.1) is 0 Å². The number of benzene rings is 2. The smallest absolute Gasteiger partial charge is 0.193 e. The third kappa shape index (κ3) is 3.09. The Morgan fingerprint density at radius 3 is 2.50 bits per heavy atom. The zero-order valence-electron chi connectivity index (χ0n) is 13.3. The number of hydrogen-bond donors (Lipinski definition) is 1. The van der Waals surface area contributed by atoms with Gasteiger partial charge in [0.05, 0.1) is 7.11 Å². The molecule has 4 heteroatoms. The van der Waals surface area contributed by atoms with Crippen LogP contribution < -0.4 is 10.5 Å². The van der Waals surface area contributed by atoms with E-state index in [-0.39, 0.29) is 5.78 Å². The summed E-state index contributed by atoms with van der Waals surface area (Å²) in [5.74, 6) is 0.487. The number of rotatable bonds is 5. The van der Waals surface area contributed by atoms with E-state index in [1.165, 1.54) is 0 Å². The summed E-state index contributed by atoms with van der Waals surface area (Å²) in [6, 6.07) is 16.7. The van der Waals surface area contributed by atoms with Gasteiger partial charge in [-0.05, 0) is 59.5 Å². The molecule has 0 amide bonds. The Kier molecular flexibility index (Phi) is 4.49. The van der Waals surface area contributed by atoms with Gasteiger partial charge in [-0.3, -0.25) is 4.79 Å². The number of ether oxygens (including phenoxy) is 1. The molecule has 0 aliphatic heterocycles. The lowest BCUT2D eigenvalue weighted by Crippen LogP contribution is -2.04. The van der Waals surface area contributed by atoms with Gasteiger partial charge in [0.25, 0.3) is 0 Å². The van der Waals surface area contributed by atoms with Gasteiger partial charge in [0, 0.05) is 27.3 Å². The highest BCUT2D eigenvalue weighted by Crippen LogP contribution is 2.34. The second kappa shape index (κ2) is 6.72. The summed E-state index contributed by atoms with van der Waals surface area (Å²) in [5, 5.41) is 2.02. The lowest BCUT2D eigenvalue weighted by Gasteiger charge is -2.12. The molecule has 0 spiro atoms. The SMILES string of the molecule is C=C(C(=O)c1ccc(N)cc1)c1cc(-c2cccs2)ccc1OC. The fourth-order valence-electron chi connectivity index (χ4n) is 2.47. The number of carbonyl (C=O) groups excluding carboxylic acids is 1. The number of methoxy groups -OCH3 is 1. The first kappa shape index (κ1) is 16.0. The van der Waals surface area contributed by atoms with E-state index in [4.69, 9.17) is 10.5 Å². The van der Waals surface area contributed by atoms with Crippen molar-refractivity contribution in [2.24, 2.45) is 0 Å². The maximum Gasteiger partial charge on any atom is 0.193 e. The summed E-state index contributed by atoms with van der Waals surface area (Å²) in [6.45, 7) is 4.00. The molecule has 120 valence electrons. The Morgan fingerprint density at radius 1 is 1.12 bits per heavy atom. The van der Waals surface area contributed by atoms with Crippen LogP contribution in [0.25, 0.3) is 16.0 Å². The van der Waals surface area contributed by atoms with Gasteiger partial charge in [-0.25, -0.2) is 0 Å². The summed E-state index contributed by atoms with van der Waals surface area (Å²) in [6.07, 6.45) is 0. The largest absolute Gasteiger partial charge is 0.496 e. The van der Waals surface area contributed by atoms with E-state index in [1.54, 1.807) is 42.7 Å². The van der Waals surface area contributed by atoms with Crippen LogP contribution in [0.5, 0.6) is 5.75 Å². The van der Waals surface area contributed by atoms with Crippen LogP contribution in [0.15, 0.2) is 66.6 Å². The molecule has 1 heterocycles. The van der Waals surface area contributed by atoms with Gasteiger partial charge in [-0.15, -0.1) is 11.3 Å². The number of Topliss-reactive ketones (excluding diaryl/α,β-unsaturated/α-hetero) is 1. The van der Waals surface area contributed by atoms with Crippen LogP contribution in [-0.4, -0.2) is 12.9 Å². The lowest BCUT2D eigenvalue weighted by molar-refractivity contribution is 0.105. The summed E-state index contributed by atoms with van der Waals surface area (Å²) in [5.41, 5.74) is 8.99. The molecule has 1 aromatic heterocycles. The van der Waals surface area contributed by atoms with Crippen molar-refractivity contribution in [1.82, 2.24) is 0 Å². The van der Waals surface area contributed by atoms with Crippen molar-refractivity contribution in [3.05, 3.63) is 77.7 Å². The summed E-state index contributed by atoms with van der Waals surface area (Å²) in [4.78, 5) is 13.9. The van der Waals surface area contributed by atoms with E-state index in [9.17, 15) is 4.79 Å². The molecule has 3 nitrogen and oxygen atoms in total. The summed E-state index contributed by atoms with van der Waals surface area (Å²) in [7, 11) is 1.59. The molecule has 0 bridgehead atoms. The highest BCUT2D eigenvalue weighted by Gasteiger charge is 2.17. The first-order valence-corrected chi connectivity index (χ1v) is 8.29. The van der Waals surface area contributed by atoms with Crippen molar-refractivity contribution in [3.63, 3.8) is 0 Å². The van der Waals surface area contributed by atoms with Gasteiger partial charge in [0.1, 0.15) is 5.75 Å². The minimum absolute atomic E-state index is 0.142. The minimum atomic E-state index is -0.142. The fourth-order valence-corrected chi connectivity index (χ4v) is 3.19. The Hall–Kier alpha value is -2.85. The molecule has 0 aliphatic carbocycles. The highest BCUT2D eigenvalue weighted by atomic mass is 32.1. The molecule has 0 unspecified atom stereocenters. The number of nitrogens with two attached hydrogens (primary N) is 1. The molecule has 3 rings (SSSR count). The number of allylic oxidation sites excluding steroid dienone is 1. The zero-order chi connectivity index (χ0) is 17.1. The lowest BCUT2D eigenvalue weighted by atomic mass is 9.95. The molecule has 0 atom stereocenters. The Bertz CT molecular complexity index is 881. The average molecular weight is 335 g/mol. The van der Waals surface area contributed by atoms with Crippen molar-refractivity contribution >= 4 is 28.4 Å². The number of nitrogen functional groups attached to an aromatic ring is 1. The summed E-state index contributed by atoms with van der Waals surface area (Å²) >= 11 is 1.65. The molecule has 24 heavy (non-hydrogen) atoms. The second-order valence-electron chi connectivity index (χ2n) is 5.32. The minimum Gasteiger partial charge on any atom is -0.496 e. The first-order valence-electron chi connectivity index (χ1n) is 7.41. The molecule has 0 saturated heterocycles. The maximum atomic E-state index is 12.7. The Balaban J connectivity index is 2.00. The van der Waals surface area contributed by atoms with Crippen LogP contribution in [0.2, 0.25) is 0 Å². The van der Waals surface area contributed by atoms with E-state index in [0.29, 0.717) is 28.1 Å². The molecule has 2 N–H and O–H groups in total. The van der Waals surface area contributed by atoms with E-state index in [1.807, 2.05) is 35.7 Å². The predicted molar refractivity (Wildman–Crippen MR) is 101 cm³/mol. The molecule has 0 aliphatic rings. The first-order chi connectivity index (χ1) is 11.6. The van der Waals surface area contributed by atoms with Crippen molar-refractivity contribution in [1.29, 1.82) is 0 Å². The quantitative estimate of drug-likeness (QED) is 0.410. The Morgan fingerprint density at radius 2 is 1.88 bits per heavy atom. The molecule has 0 saturated carbocycles. The number of ketones is 1. The average Bonchev–Trinajstić information content (AvgIpc) is 3.15. The second-order valence-corrected chi connectivity index (χ2v) is 6.27. The third-order valence-corrected chi connectivity index (χ3v) is 4.70. The van der Waals surface area contributed by atoms with Crippen LogP contribution in [0.1, 0.15) is 15.9 Å². The van der Waals surface area contributed by atoms with Crippen LogP contribution >= 0.6 is 11.3 Å². The van der Waals surface area contributed by atoms with E-state index < -0.39 is 0 Å². The number of thiophene rings is 1. The zero-order valence-corrected chi connectivity index (χ0v) is 14.1. The van der Waals surface area contributed by atoms with Crippen molar-refractivity contribution in [2.45, 2.75) is 0 Å². The van der Waals surface area contributed by atoms with Crippen molar-refractivity contribution in [3.8, 4) is 16.2 Å².